The molecule has 0 amide bonds. The standard InChI is InChI=1S/C31H64/c1-6-10-14-17-19-23-26-30(25-22-18-15-11-7-2)31(27-20-13-9-4)28-29(5)24-21-16-12-8-3/h29-31H,6-28H2,1-5H3. The Morgan fingerprint density at radius 3 is 1.19 bits per heavy atom. The molecule has 188 valence electrons. The maximum Gasteiger partial charge on any atom is -0.0383 e. The van der Waals surface area contributed by atoms with Gasteiger partial charge in [0.1, 0.15) is 0 Å². The van der Waals surface area contributed by atoms with E-state index in [9.17, 15) is 0 Å². The summed E-state index contributed by atoms with van der Waals surface area (Å²) >= 11 is 0. The minimum Gasteiger partial charge on any atom is -0.0654 e. The van der Waals surface area contributed by atoms with Gasteiger partial charge in [0, 0.05) is 0 Å². The van der Waals surface area contributed by atoms with Crippen LogP contribution in [0.3, 0.4) is 0 Å². The van der Waals surface area contributed by atoms with Gasteiger partial charge in [0.15, 0.2) is 0 Å². The van der Waals surface area contributed by atoms with Gasteiger partial charge in [-0.2, -0.15) is 0 Å². The molecule has 0 heterocycles. The first kappa shape index (κ1) is 31.0. The second-order valence-electron chi connectivity index (χ2n) is 11.0. The van der Waals surface area contributed by atoms with Crippen LogP contribution in [0.4, 0.5) is 0 Å². The van der Waals surface area contributed by atoms with Crippen LogP contribution in [-0.2, 0) is 0 Å². The van der Waals surface area contributed by atoms with Gasteiger partial charge in [-0.3, -0.25) is 0 Å². The van der Waals surface area contributed by atoms with E-state index in [1.54, 1.807) is 0 Å². The van der Waals surface area contributed by atoms with Crippen molar-refractivity contribution in [1.29, 1.82) is 0 Å². The quantitative estimate of drug-likeness (QED) is 0.125. The van der Waals surface area contributed by atoms with Crippen LogP contribution in [0.2, 0.25) is 0 Å². The van der Waals surface area contributed by atoms with Crippen LogP contribution in [0.1, 0.15) is 182 Å². The Morgan fingerprint density at radius 1 is 0.355 bits per heavy atom. The normalized spacial score (nSPS) is 14.6. The zero-order valence-corrected chi connectivity index (χ0v) is 23.0. The SMILES string of the molecule is CCCCCCCCC(CCCCCCC)C(CCCCC)CC(C)CCCCCC. The van der Waals surface area contributed by atoms with Crippen molar-refractivity contribution in [2.45, 2.75) is 182 Å². The number of unbranched alkanes of at least 4 members (excludes halogenated alkanes) is 14. The zero-order chi connectivity index (χ0) is 23.0. The summed E-state index contributed by atoms with van der Waals surface area (Å²) in [4.78, 5) is 0. The molecule has 0 saturated heterocycles. The summed E-state index contributed by atoms with van der Waals surface area (Å²) in [7, 11) is 0. The van der Waals surface area contributed by atoms with Crippen LogP contribution in [-0.4, -0.2) is 0 Å². The lowest BCUT2D eigenvalue weighted by atomic mass is 9.76. The molecular formula is C31H64. The second kappa shape index (κ2) is 24.6. The van der Waals surface area contributed by atoms with Crippen molar-refractivity contribution in [1.82, 2.24) is 0 Å². The third kappa shape index (κ3) is 20.3. The molecule has 0 saturated carbocycles. The molecule has 0 rings (SSSR count). The van der Waals surface area contributed by atoms with Gasteiger partial charge >= 0.3 is 0 Å². The first-order chi connectivity index (χ1) is 15.2. The highest BCUT2D eigenvalue weighted by Gasteiger charge is 2.22. The lowest BCUT2D eigenvalue weighted by Crippen LogP contribution is -2.19. The van der Waals surface area contributed by atoms with Crippen LogP contribution in [0.5, 0.6) is 0 Å². The summed E-state index contributed by atoms with van der Waals surface area (Å²) in [6, 6.07) is 0. The summed E-state index contributed by atoms with van der Waals surface area (Å²) in [5.41, 5.74) is 0. The molecule has 0 aromatic carbocycles. The first-order valence-electron chi connectivity index (χ1n) is 15.2. The monoisotopic (exact) mass is 437 g/mol. The summed E-state index contributed by atoms with van der Waals surface area (Å²) in [6.45, 7) is 11.9. The molecule has 3 unspecified atom stereocenters. The van der Waals surface area contributed by atoms with Crippen molar-refractivity contribution in [3.63, 3.8) is 0 Å². The van der Waals surface area contributed by atoms with E-state index in [-0.39, 0.29) is 0 Å². The van der Waals surface area contributed by atoms with Gasteiger partial charge in [-0.1, -0.05) is 176 Å². The molecule has 0 aliphatic carbocycles. The fourth-order valence-electron chi connectivity index (χ4n) is 5.57. The van der Waals surface area contributed by atoms with Crippen LogP contribution in [0, 0.1) is 17.8 Å². The molecule has 31 heavy (non-hydrogen) atoms. The first-order valence-corrected chi connectivity index (χ1v) is 15.2. The highest BCUT2D eigenvalue weighted by Crippen LogP contribution is 2.35. The number of hydrogen-bond donors (Lipinski definition) is 0. The second-order valence-corrected chi connectivity index (χ2v) is 11.0. The topological polar surface area (TPSA) is 0 Å². The maximum atomic E-state index is 2.57. The van der Waals surface area contributed by atoms with Crippen LogP contribution in [0.25, 0.3) is 0 Å². The Morgan fingerprint density at radius 2 is 0.677 bits per heavy atom. The van der Waals surface area contributed by atoms with E-state index in [1.807, 2.05) is 0 Å². The minimum absolute atomic E-state index is 0.940. The Kier molecular flexibility index (Phi) is 24.6. The van der Waals surface area contributed by atoms with Gasteiger partial charge in [-0.15, -0.1) is 0 Å². The maximum absolute atomic E-state index is 2.57. The van der Waals surface area contributed by atoms with Crippen molar-refractivity contribution in [2.24, 2.45) is 17.8 Å². The van der Waals surface area contributed by atoms with Crippen molar-refractivity contribution >= 4 is 0 Å². The fourth-order valence-corrected chi connectivity index (χ4v) is 5.57. The molecule has 0 spiro atoms. The molecule has 0 bridgehead atoms. The molecule has 0 heteroatoms. The largest absolute Gasteiger partial charge is 0.0654 e. The summed E-state index contributed by atoms with van der Waals surface area (Å²) < 4.78 is 0. The van der Waals surface area contributed by atoms with Crippen molar-refractivity contribution in [3.05, 3.63) is 0 Å². The molecule has 3 atom stereocenters. The van der Waals surface area contributed by atoms with E-state index in [4.69, 9.17) is 0 Å². The molecule has 0 aliphatic rings. The highest BCUT2D eigenvalue weighted by molar-refractivity contribution is 4.74. The molecular weight excluding hydrogens is 372 g/mol. The van der Waals surface area contributed by atoms with E-state index in [1.165, 1.54) is 148 Å². The van der Waals surface area contributed by atoms with E-state index < -0.39 is 0 Å². The van der Waals surface area contributed by atoms with Crippen LogP contribution >= 0.6 is 0 Å². The average molecular weight is 437 g/mol. The Balaban J connectivity index is 4.72. The van der Waals surface area contributed by atoms with Crippen molar-refractivity contribution < 1.29 is 0 Å². The lowest BCUT2D eigenvalue weighted by Gasteiger charge is -2.30. The Bertz CT molecular complexity index is 320. The molecule has 0 aliphatic heterocycles. The number of hydrogen-bond acceptors (Lipinski definition) is 0. The smallest absolute Gasteiger partial charge is 0.0383 e. The van der Waals surface area contributed by atoms with E-state index in [2.05, 4.69) is 34.6 Å². The van der Waals surface area contributed by atoms with Gasteiger partial charge in [0.2, 0.25) is 0 Å². The van der Waals surface area contributed by atoms with Gasteiger partial charge in [0.05, 0.1) is 0 Å². The van der Waals surface area contributed by atoms with E-state index in [0.29, 0.717) is 0 Å². The van der Waals surface area contributed by atoms with E-state index >= 15 is 0 Å². The zero-order valence-electron chi connectivity index (χ0n) is 23.0. The van der Waals surface area contributed by atoms with Crippen LogP contribution in [0.15, 0.2) is 0 Å². The predicted molar refractivity (Wildman–Crippen MR) is 145 cm³/mol. The summed E-state index contributed by atoms with van der Waals surface area (Å²) in [5, 5.41) is 0. The molecule has 0 fully saturated rings. The Hall–Kier alpha value is 0. The molecule has 0 aromatic heterocycles. The predicted octanol–water partition coefficient (Wildman–Crippen LogP) is 11.9. The third-order valence-corrected chi connectivity index (χ3v) is 7.71. The van der Waals surface area contributed by atoms with Gasteiger partial charge in [-0.25, -0.2) is 0 Å². The molecule has 0 radical (unpaired) electrons. The summed E-state index contributed by atoms with van der Waals surface area (Å²) in [6.07, 6.45) is 33.6. The average Bonchev–Trinajstić information content (AvgIpc) is 2.77. The third-order valence-electron chi connectivity index (χ3n) is 7.71. The van der Waals surface area contributed by atoms with Gasteiger partial charge < -0.3 is 0 Å². The lowest BCUT2D eigenvalue weighted by molar-refractivity contribution is 0.212. The van der Waals surface area contributed by atoms with Crippen molar-refractivity contribution in [3.8, 4) is 0 Å². The number of rotatable bonds is 25. The fraction of sp³-hybridized carbons (Fsp3) is 1.00. The highest BCUT2D eigenvalue weighted by atomic mass is 14.3. The van der Waals surface area contributed by atoms with E-state index in [0.717, 1.165) is 17.8 Å². The summed E-state index contributed by atoms with van der Waals surface area (Å²) in [5.74, 6) is 2.97. The van der Waals surface area contributed by atoms with Crippen molar-refractivity contribution in [2.75, 3.05) is 0 Å². The molecule has 0 N–H and O–H groups in total. The van der Waals surface area contributed by atoms with Gasteiger partial charge in [0.25, 0.3) is 0 Å². The van der Waals surface area contributed by atoms with Crippen LogP contribution < -0.4 is 0 Å². The molecule has 0 nitrogen and oxygen atoms in total. The van der Waals surface area contributed by atoms with Gasteiger partial charge in [-0.05, 0) is 24.2 Å². The minimum atomic E-state index is 0.940. The Labute approximate surface area is 200 Å². The molecule has 0 aromatic rings.